The number of esters is 1. The van der Waals surface area contributed by atoms with Crippen molar-refractivity contribution in [3.8, 4) is 0 Å². The van der Waals surface area contributed by atoms with Gasteiger partial charge in [0.05, 0.1) is 7.11 Å². The zero-order valence-electron chi connectivity index (χ0n) is 18.1. The summed E-state index contributed by atoms with van der Waals surface area (Å²) >= 11 is 0. The first-order valence-electron chi connectivity index (χ1n) is 11.2. The van der Waals surface area contributed by atoms with E-state index in [9.17, 15) is 14.4 Å². The molecule has 0 rings (SSSR count). The van der Waals surface area contributed by atoms with Gasteiger partial charge >= 0.3 is 5.97 Å². The van der Waals surface area contributed by atoms with Gasteiger partial charge in [0.15, 0.2) is 0 Å². The number of hydrogen-bond donors (Lipinski definition) is 2. The first-order chi connectivity index (χ1) is 13.5. The molecule has 0 aromatic carbocycles. The third kappa shape index (κ3) is 16.6. The van der Waals surface area contributed by atoms with Crippen LogP contribution in [0, 0.1) is 0 Å². The molecule has 0 heterocycles. The summed E-state index contributed by atoms with van der Waals surface area (Å²) in [6.45, 7) is 2.25. The molecule has 1 atom stereocenters. The number of nitrogens with two attached hydrogens (primary N) is 1. The lowest BCUT2D eigenvalue weighted by Crippen LogP contribution is -2.42. The van der Waals surface area contributed by atoms with Crippen LogP contribution in [0.2, 0.25) is 0 Å². The fourth-order valence-corrected chi connectivity index (χ4v) is 3.25. The Balaban J connectivity index is 3.61. The van der Waals surface area contributed by atoms with Crippen molar-refractivity contribution in [1.29, 1.82) is 0 Å². The van der Waals surface area contributed by atoms with Gasteiger partial charge in [-0.05, 0) is 12.8 Å². The zero-order valence-corrected chi connectivity index (χ0v) is 18.1. The van der Waals surface area contributed by atoms with Crippen LogP contribution in [-0.4, -0.2) is 30.9 Å². The Bertz CT molecular complexity index is 427. The molecule has 0 aromatic rings. The molecule has 3 N–H and O–H groups in total. The molecular formula is C22H42N2O4. The number of carbonyl (C=O) groups is 3. The van der Waals surface area contributed by atoms with Gasteiger partial charge in [0, 0.05) is 12.8 Å². The Morgan fingerprint density at radius 3 is 1.68 bits per heavy atom. The lowest BCUT2D eigenvalue weighted by Gasteiger charge is -2.15. The predicted octanol–water partition coefficient (Wildman–Crippen LogP) is 4.39. The van der Waals surface area contributed by atoms with E-state index in [1.807, 2.05) is 0 Å². The van der Waals surface area contributed by atoms with Gasteiger partial charge in [0.25, 0.3) is 0 Å². The van der Waals surface area contributed by atoms with Crippen LogP contribution in [0.4, 0.5) is 0 Å². The average Bonchev–Trinajstić information content (AvgIpc) is 2.67. The van der Waals surface area contributed by atoms with Crippen molar-refractivity contribution in [3.05, 3.63) is 0 Å². The first kappa shape index (κ1) is 26.4. The van der Waals surface area contributed by atoms with Crippen molar-refractivity contribution in [2.75, 3.05) is 7.11 Å². The minimum atomic E-state index is -0.799. The lowest BCUT2D eigenvalue weighted by atomic mass is 10.0. The summed E-state index contributed by atoms with van der Waals surface area (Å²) in [4.78, 5) is 34.5. The average molecular weight is 399 g/mol. The highest BCUT2D eigenvalue weighted by Gasteiger charge is 2.21. The summed E-state index contributed by atoms with van der Waals surface area (Å²) in [6, 6.07) is -0.799. The molecule has 0 saturated carbocycles. The molecule has 6 nitrogen and oxygen atoms in total. The van der Waals surface area contributed by atoms with Crippen LogP contribution in [-0.2, 0) is 19.1 Å². The molecule has 0 fully saturated rings. The third-order valence-electron chi connectivity index (χ3n) is 5.01. The van der Waals surface area contributed by atoms with Crippen LogP contribution < -0.4 is 11.1 Å². The number of ether oxygens (including phenoxy) is 1. The van der Waals surface area contributed by atoms with Crippen molar-refractivity contribution in [3.63, 3.8) is 0 Å². The summed E-state index contributed by atoms with van der Waals surface area (Å²) in [5, 5.41) is 2.65. The number of nitrogens with one attached hydrogen (secondary N) is 1. The van der Waals surface area contributed by atoms with Crippen molar-refractivity contribution in [2.45, 2.75) is 116 Å². The summed E-state index contributed by atoms with van der Waals surface area (Å²) in [7, 11) is 1.26. The van der Waals surface area contributed by atoms with Crippen molar-refractivity contribution in [1.82, 2.24) is 5.32 Å². The minimum Gasteiger partial charge on any atom is -0.467 e. The molecule has 28 heavy (non-hydrogen) atoms. The van der Waals surface area contributed by atoms with Crippen LogP contribution in [0.5, 0.6) is 0 Å². The van der Waals surface area contributed by atoms with Crippen LogP contribution in [0.15, 0.2) is 0 Å². The number of methoxy groups -OCH3 is 1. The Kier molecular flexibility index (Phi) is 17.7. The lowest BCUT2D eigenvalue weighted by molar-refractivity contribution is -0.145. The Labute approximate surface area is 171 Å². The van der Waals surface area contributed by atoms with Crippen LogP contribution in [0.25, 0.3) is 0 Å². The van der Waals surface area contributed by atoms with Crippen LogP contribution in [0.1, 0.15) is 110 Å². The fourth-order valence-electron chi connectivity index (χ4n) is 3.25. The second-order valence-corrected chi connectivity index (χ2v) is 7.64. The van der Waals surface area contributed by atoms with Gasteiger partial charge in [-0.3, -0.25) is 9.59 Å². The Morgan fingerprint density at radius 1 is 0.786 bits per heavy atom. The van der Waals surface area contributed by atoms with Gasteiger partial charge in [-0.25, -0.2) is 4.79 Å². The van der Waals surface area contributed by atoms with E-state index in [2.05, 4.69) is 17.0 Å². The number of carbonyl (C=O) groups excluding carboxylic acids is 3. The summed E-state index contributed by atoms with van der Waals surface area (Å²) in [6.07, 6.45) is 16.9. The molecule has 0 aliphatic carbocycles. The monoisotopic (exact) mass is 398 g/mol. The maximum Gasteiger partial charge on any atom is 0.328 e. The van der Waals surface area contributed by atoms with Gasteiger partial charge in [0.2, 0.25) is 11.8 Å². The quantitative estimate of drug-likeness (QED) is 0.249. The molecule has 0 radical (unpaired) electrons. The maximum atomic E-state index is 12.0. The highest BCUT2D eigenvalue weighted by Crippen LogP contribution is 2.13. The van der Waals surface area contributed by atoms with Crippen LogP contribution in [0.3, 0.4) is 0 Å². The standard InChI is InChI=1S/C22H42N2O4/c1-3-4-5-6-7-8-9-10-11-12-13-14-15-16-21(26)24-19(22(27)28-2)17-18-20(23)25/h19H,3-18H2,1-2H3,(H2,23,25)(H,24,26)/t19-/m0/s1. The second-order valence-electron chi connectivity index (χ2n) is 7.64. The maximum absolute atomic E-state index is 12.0. The van der Waals surface area contributed by atoms with Crippen molar-refractivity contribution >= 4 is 17.8 Å². The summed E-state index contributed by atoms with van der Waals surface area (Å²) in [5.74, 6) is -1.22. The van der Waals surface area contributed by atoms with E-state index in [0.29, 0.717) is 6.42 Å². The largest absolute Gasteiger partial charge is 0.467 e. The molecule has 0 unspecified atom stereocenters. The minimum absolute atomic E-state index is 0.0405. The summed E-state index contributed by atoms with van der Waals surface area (Å²) in [5.41, 5.74) is 5.10. The van der Waals surface area contributed by atoms with E-state index in [1.54, 1.807) is 0 Å². The second kappa shape index (κ2) is 18.8. The summed E-state index contributed by atoms with van der Waals surface area (Å²) < 4.78 is 4.66. The highest BCUT2D eigenvalue weighted by atomic mass is 16.5. The van der Waals surface area contributed by atoms with Crippen LogP contribution >= 0.6 is 0 Å². The predicted molar refractivity (Wildman–Crippen MR) is 113 cm³/mol. The van der Waals surface area contributed by atoms with E-state index >= 15 is 0 Å². The molecule has 0 saturated heterocycles. The number of primary amides is 1. The molecule has 0 aliphatic heterocycles. The van der Waals surface area contributed by atoms with Gasteiger partial charge in [-0.1, -0.05) is 84.0 Å². The van der Waals surface area contributed by atoms with Gasteiger partial charge < -0.3 is 15.8 Å². The molecule has 164 valence electrons. The van der Waals surface area contributed by atoms with Gasteiger partial charge in [-0.2, -0.15) is 0 Å². The molecular weight excluding hydrogens is 356 g/mol. The van der Waals surface area contributed by atoms with Gasteiger partial charge in [-0.15, -0.1) is 0 Å². The SMILES string of the molecule is CCCCCCCCCCCCCCCC(=O)N[C@@H](CCC(N)=O)C(=O)OC. The number of rotatable bonds is 19. The van der Waals surface area contributed by atoms with E-state index in [0.717, 1.165) is 19.3 Å². The Morgan fingerprint density at radius 2 is 1.25 bits per heavy atom. The normalized spacial score (nSPS) is 11.8. The molecule has 2 amide bonds. The molecule has 0 spiro atoms. The fraction of sp³-hybridized carbons (Fsp3) is 0.864. The number of hydrogen-bond acceptors (Lipinski definition) is 4. The topological polar surface area (TPSA) is 98.5 Å². The molecule has 0 aromatic heterocycles. The number of amides is 2. The number of unbranched alkanes of at least 4 members (excludes halogenated alkanes) is 12. The smallest absolute Gasteiger partial charge is 0.328 e. The highest BCUT2D eigenvalue weighted by molar-refractivity contribution is 5.85. The molecule has 6 heteroatoms. The van der Waals surface area contributed by atoms with E-state index in [1.165, 1.54) is 71.3 Å². The van der Waals surface area contributed by atoms with Crippen molar-refractivity contribution in [2.24, 2.45) is 5.73 Å². The van der Waals surface area contributed by atoms with E-state index in [-0.39, 0.29) is 18.7 Å². The molecule has 0 bridgehead atoms. The first-order valence-corrected chi connectivity index (χ1v) is 11.2. The van der Waals surface area contributed by atoms with Crippen molar-refractivity contribution < 1.29 is 19.1 Å². The van der Waals surface area contributed by atoms with Gasteiger partial charge in [0.1, 0.15) is 6.04 Å². The zero-order chi connectivity index (χ0) is 21.0. The third-order valence-corrected chi connectivity index (χ3v) is 5.01. The van der Waals surface area contributed by atoms with E-state index in [4.69, 9.17) is 5.73 Å². The Hall–Kier alpha value is -1.59. The molecule has 0 aliphatic rings. The van der Waals surface area contributed by atoms with E-state index < -0.39 is 17.9 Å².